The first-order valence-corrected chi connectivity index (χ1v) is 8.07. The Morgan fingerprint density at radius 2 is 2.00 bits per heavy atom. The number of methoxy groups -OCH3 is 1. The van der Waals surface area contributed by atoms with E-state index in [-0.39, 0.29) is 29.8 Å². The lowest BCUT2D eigenvalue weighted by atomic mass is 10.0. The van der Waals surface area contributed by atoms with Gasteiger partial charge in [0.25, 0.3) is 5.56 Å². The third-order valence-electron chi connectivity index (χ3n) is 3.92. The lowest BCUT2D eigenvalue weighted by molar-refractivity contribution is 0.0916. The summed E-state index contributed by atoms with van der Waals surface area (Å²) < 4.78 is 11.4. The topological polar surface area (TPSA) is 102 Å². The number of Topliss-reactive ketones (excluding diaryl/α,β-unsaturated/α-hetero) is 1. The monoisotopic (exact) mass is 356 g/mol. The number of ketones is 1. The number of aromatic hydroxyl groups is 1. The number of para-hydroxylation sites is 1. The molecule has 1 aromatic heterocycles. The van der Waals surface area contributed by atoms with Gasteiger partial charge in [0.15, 0.2) is 6.61 Å². The quantitative estimate of drug-likeness (QED) is 0.574. The normalized spacial score (nSPS) is 10.3. The summed E-state index contributed by atoms with van der Waals surface area (Å²) in [5, 5.41) is 19.8. The number of benzene rings is 1. The van der Waals surface area contributed by atoms with E-state index in [1.165, 1.54) is 14.0 Å². The number of hydrogen-bond donors (Lipinski definition) is 1. The number of nitriles is 1. The van der Waals surface area contributed by atoms with Gasteiger partial charge in [-0.1, -0.05) is 18.2 Å². The molecule has 0 aliphatic heterocycles. The molecule has 7 heteroatoms. The molecule has 0 radical (unpaired) electrons. The SMILES string of the molecule is COCCCn1c(O)c(C(=O)COc2ccccc2)c(C)c(C#N)c1=O. The molecule has 1 aromatic carbocycles. The van der Waals surface area contributed by atoms with Gasteiger partial charge in [-0.2, -0.15) is 5.26 Å². The number of pyridine rings is 1. The first-order chi connectivity index (χ1) is 12.5. The minimum absolute atomic E-state index is 0.0745. The van der Waals surface area contributed by atoms with Crippen LogP contribution in [0.2, 0.25) is 0 Å². The number of hydrogen-bond acceptors (Lipinski definition) is 6. The van der Waals surface area contributed by atoms with Crippen molar-refractivity contribution >= 4 is 5.78 Å². The summed E-state index contributed by atoms with van der Waals surface area (Å²) in [5.41, 5.74) is -0.712. The third kappa shape index (κ3) is 4.10. The minimum Gasteiger partial charge on any atom is -0.494 e. The molecule has 0 unspecified atom stereocenters. The van der Waals surface area contributed by atoms with Crippen molar-refractivity contribution in [3.05, 3.63) is 57.4 Å². The second-order valence-corrected chi connectivity index (χ2v) is 5.64. The van der Waals surface area contributed by atoms with Crippen LogP contribution in [0, 0.1) is 18.3 Å². The lowest BCUT2D eigenvalue weighted by Gasteiger charge is -2.15. The number of nitrogens with zero attached hydrogens (tertiary/aromatic N) is 2. The van der Waals surface area contributed by atoms with Crippen LogP contribution in [0.1, 0.15) is 27.9 Å². The smallest absolute Gasteiger partial charge is 0.271 e. The molecule has 2 aromatic rings. The molecular formula is C19H20N2O5. The molecule has 136 valence electrons. The molecule has 0 amide bonds. The standard InChI is InChI=1S/C19H20N2O5/c1-13-15(11-20)18(23)21(9-6-10-25-2)19(24)17(13)16(22)12-26-14-7-4-3-5-8-14/h3-5,7-8,24H,6,9-10,12H2,1-2H3. The van der Waals surface area contributed by atoms with Crippen molar-refractivity contribution in [1.29, 1.82) is 5.26 Å². The van der Waals surface area contributed by atoms with Crippen LogP contribution in [0.3, 0.4) is 0 Å². The van der Waals surface area contributed by atoms with Gasteiger partial charge in [-0.3, -0.25) is 14.2 Å². The van der Waals surface area contributed by atoms with Crippen LogP contribution in [0.5, 0.6) is 11.6 Å². The maximum atomic E-state index is 12.6. The van der Waals surface area contributed by atoms with Gasteiger partial charge in [0.1, 0.15) is 17.4 Å². The molecule has 0 bridgehead atoms. The predicted molar refractivity (Wildman–Crippen MR) is 94.6 cm³/mol. The zero-order chi connectivity index (χ0) is 19.1. The van der Waals surface area contributed by atoms with Crippen molar-refractivity contribution in [3.8, 4) is 17.7 Å². The van der Waals surface area contributed by atoms with Crippen molar-refractivity contribution in [2.24, 2.45) is 0 Å². The van der Waals surface area contributed by atoms with E-state index in [0.29, 0.717) is 18.8 Å². The van der Waals surface area contributed by atoms with E-state index in [9.17, 15) is 20.0 Å². The Morgan fingerprint density at radius 1 is 1.31 bits per heavy atom. The number of rotatable bonds is 8. The van der Waals surface area contributed by atoms with Gasteiger partial charge in [0, 0.05) is 20.3 Å². The van der Waals surface area contributed by atoms with Crippen LogP contribution in [-0.2, 0) is 11.3 Å². The summed E-state index contributed by atoms with van der Waals surface area (Å²) in [7, 11) is 1.52. The second-order valence-electron chi connectivity index (χ2n) is 5.64. The predicted octanol–water partition coefficient (Wildman–Crippen LogP) is 2.03. The Kier molecular flexibility index (Phi) is 6.53. The summed E-state index contributed by atoms with van der Waals surface area (Å²) in [6, 6.07) is 10.6. The molecule has 0 spiro atoms. The maximum absolute atomic E-state index is 12.6. The van der Waals surface area contributed by atoms with E-state index in [2.05, 4.69) is 0 Å². The Morgan fingerprint density at radius 3 is 2.62 bits per heavy atom. The lowest BCUT2D eigenvalue weighted by Crippen LogP contribution is -2.28. The fourth-order valence-electron chi connectivity index (χ4n) is 2.60. The van der Waals surface area contributed by atoms with Crippen molar-refractivity contribution in [3.63, 3.8) is 0 Å². The number of aromatic nitrogens is 1. The van der Waals surface area contributed by atoms with Crippen LogP contribution in [0.15, 0.2) is 35.1 Å². The highest BCUT2D eigenvalue weighted by Gasteiger charge is 2.24. The van der Waals surface area contributed by atoms with Gasteiger partial charge >= 0.3 is 0 Å². The molecule has 7 nitrogen and oxygen atoms in total. The van der Waals surface area contributed by atoms with Crippen molar-refractivity contribution in [2.45, 2.75) is 19.9 Å². The average Bonchev–Trinajstić information content (AvgIpc) is 2.64. The average molecular weight is 356 g/mol. The summed E-state index contributed by atoms with van der Waals surface area (Å²) >= 11 is 0. The molecule has 0 fully saturated rings. The highest BCUT2D eigenvalue weighted by atomic mass is 16.5. The Hall–Kier alpha value is -3.11. The van der Waals surface area contributed by atoms with Gasteiger partial charge in [0.05, 0.1) is 5.56 Å². The van der Waals surface area contributed by atoms with Crippen molar-refractivity contribution < 1.29 is 19.4 Å². The van der Waals surface area contributed by atoms with Crippen LogP contribution in [0.4, 0.5) is 0 Å². The van der Waals surface area contributed by atoms with Crippen LogP contribution in [-0.4, -0.2) is 35.8 Å². The minimum atomic E-state index is -0.626. The molecule has 0 saturated carbocycles. The molecule has 0 aliphatic rings. The van der Waals surface area contributed by atoms with Crippen molar-refractivity contribution in [1.82, 2.24) is 4.57 Å². The summed E-state index contributed by atoms with van der Waals surface area (Å²) in [6.45, 7) is 1.66. The molecule has 0 atom stereocenters. The summed E-state index contributed by atoms with van der Waals surface area (Å²) in [6.07, 6.45) is 0.450. The van der Waals surface area contributed by atoms with Crippen LogP contribution >= 0.6 is 0 Å². The molecular weight excluding hydrogens is 336 g/mol. The first kappa shape index (κ1) is 19.2. The zero-order valence-corrected chi connectivity index (χ0v) is 14.7. The van der Waals surface area contributed by atoms with Gasteiger partial charge in [-0.05, 0) is 31.0 Å². The Bertz CT molecular complexity index is 882. The molecule has 26 heavy (non-hydrogen) atoms. The Balaban J connectivity index is 2.37. The van der Waals surface area contributed by atoms with Crippen LogP contribution < -0.4 is 10.3 Å². The fraction of sp³-hybridized carbons (Fsp3) is 0.316. The van der Waals surface area contributed by atoms with E-state index in [4.69, 9.17) is 9.47 Å². The van der Waals surface area contributed by atoms with Gasteiger partial charge in [-0.25, -0.2) is 0 Å². The maximum Gasteiger partial charge on any atom is 0.271 e. The number of carbonyl (C=O) groups is 1. The second kappa shape index (κ2) is 8.83. The molecule has 1 heterocycles. The molecule has 0 aliphatic carbocycles. The summed E-state index contributed by atoms with van der Waals surface area (Å²) in [4.78, 5) is 25.0. The third-order valence-corrected chi connectivity index (χ3v) is 3.92. The first-order valence-electron chi connectivity index (χ1n) is 8.07. The van der Waals surface area contributed by atoms with Gasteiger partial charge in [0.2, 0.25) is 11.7 Å². The molecule has 1 N–H and O–H groups in total. The van der Waals surface area contributed by atoms with E-state index in [0.717, 1.165) is 4.57 Å². The zero-order valence-electron chi connectivity index (χ0n) is 14.7. The highest BCUT2D eigenvalue weighted by molar-refractivity contribution is 6.01. The molecule has 0 saturated heterocycles. The Labute approximate surface area is 151 Å². The van der Waals surface area contributed by atoms with Gasteiger partial charge < -0.3 is 14.6 Å². The van der Waals surface area contributed by atoms with E-state index in [1.807, 2.05) is 12.1 Å². The largest absolute Gasteiger partial charge is 0.494 e. The fourth-order valence-corrected chi connectivity index (χ4v) is 2.60. The van der Waals surface area contributed by atoms with E-state index in [1.54, 1.807) is 24.3 Å². The number of carbonyl (C=O) groups excluding carboxylic acids is 1. The van der Waals surface area contributed by atoms with Gasteiger partial charge in [-0.15, -0.1) is 0 Å². The van der Waals surface area contributed by atoms with E-state index >= 15 is 0 Å². The molecule has 2 rings (SSSR count). The van der Waals surface area contributed by atoms with E-state index < -0.39 is 17.2 Å². The highest BCUT2D eigenvalue weighted by Crippen LogP contribution is 2.23. The summed E-state index contributed by atoms with van der Waals surface area (Å²) in [5.74, 6) is -0.461. The number of ether oxygens (including phenoxy) is 2. The van der Waals surface area contributed by atoms with Crippen molar-refractivity contribution in [2.75, 3.05) is 20.3 Å². The van der Waals surface area contributed by atoms with Crippen LogP contribution in [0.25, 0.3) is 0 Å².